The number of nitrogens with one attached hydrogen (secondary N) is 1. The van der Waals surface area contributed by atoms with Crippen molar-refractivity contribution in [2.45, 2.75) is 44.1 Å². The summed E-state index contributed by atoms with van der Waals surface area (Å²) in [6.07, 6.45) is 5.03. The number of ether oxygens (including phenoxy) is 1. The van der Waals surface area contributed by atoms with Crippen LogP contribution in [0.3, 0.4) is 0 Å². The molecule has 4 heteroatoms. The smallest absolute Gasteiger partial charge is 0.220 e. The van der Waals surface area contributed by atoms with Gasteiger partial charge in [-0.2, -0.15) is 0 Å². The molecule has 2 aliphatic rings. The third-order valence-corrected chi connectivity index (χ3v) is 4.87. The molecule has 3 N–H and O–H groups in total. The molecule has 1 heterocycles. The SMILES string of the molecule is NC(=O)C1CCC(NCC2CCOc3ccccc32)CC1. The average Bonchev–Trinajstić information content (AvgIpc) is 2.53. The zero-order chi connectivity index (χ0) is 14.7. The van der Waals surface area contributed by atoms with Gasteiger partial charge in [-0.05, 0) is 43.7 Å². The van der Waals surface area contributed by atoms with E-state index in [2.05, 4.69) is 23.5 Å². The Balaban J connectivity index is 1.52. The second-order valence-electron chi connectivity index (χ2n) is 6.23. The number of rotatable bonds is 4. The Morgan fingerprint density at radius 1 is 1.19 bits per heavy atom. The molecule has 1 fully saturated rings. The summed E-state index contributed by atoms with van der Waals surface area (Å²) in [6, 6.07) is 8.86. The molecule has 21 heavy (non-hydrogen) atoms. The quantitative estimate of drug-likeness (QED) is 0.892. The first-order chi connectivity index (χ1) is 10.2. The summed E-state index contributed by atoms with van der Waals surface area (Å²) >= 11 is 0. The first-order valence-corrected chi connectivity index (χ1v) is 7.98. The van der Waals surface area contributed by atoms with Crippen molar-refractivity contribution in [3.8, 4) is 5.75 Å². The van der Waals surface area contributed by atoms with Crippen LogP contribution < -0.4 is 15.8 Å². The second-order valence-corrected chi connectivity index (χ2v) is 6.23. The Morgan fingerprint density at radius 3 is 2.71 bits per heavy atom. The lowest BCUT2D eigenvalue weighted by molar-refractivity contribution is -0.122. The van der Waals surface area contributed by atoms with Gasteiger partial charge < -0.3 is 15.8 Å². The molecule has 1 atom stereocenters. The maximum absolute atomic E-state index is 11.2. The zero-order valence-electron chi connectivity index (χ0n) is 12.4. The van der Waals surface area contributed by atoms with Crippen LogP contribution in [0.1, 0.15) is 43.6 Å². The van der Waals surface area contributed by atoms with Crippen LogP contribution in [0.25, 0.3) is 0 Å². The van der Waals surface area contributed by atoms with Crippen molar-refractivity contribution in [1.29, 1.82) is 0 Å². The van der Waals surface area contributed by atoms with E-state index < -0.39 is 0 Å². The Morgan fingerprint density at radius 2 is 1.95 bits per heavy atom. The summed E-state index contributed by atoms with van der Waals surface area (Å²) in [5, 5.41) is 3.68. The Labute approximate surface area is 126 Å². The number of para-hydroxylation sites is 1. The van der Waals surface area contributed by atoms with Crippen LogP contribution in [-0.2, 0) is 4.79 Å². The first kappa shape index (κ1) is 14.4. The van der Waals surface area contributed by atoms with E-state index in [1.54, 1.807) is 0 Å². The molecular weight excluding hydrogens is 264 g/mol. The summed E-state index contributed by atoms with van der Waals surface area (Å²) in [7, 11) is 0. The molecule has 0 radical (unpaired) electrons. The van der Waals surface area contributed by atoms with Crippen molar-refractivity contribution >= 4 is 5.91 Å². The highest BCUT2D eigenvalue weighted by atomic mass is 16.5. The number of hydrogen-bond acceptors (Lipinski definition) is 3. The molecule has 0 bridgehead atoms. The highest BCUT2D eigenvalue weighted by molar-refractivity contribution is 5.76. The van der Waals surface area contributed by atoms with Crippen molar-refractivity contribution in [3.63, 3.8) is 0 Å². The van der Waals surface area contributed by atoms with Gasteiger partial charge in [0.25, 0.3) is 0 Å². The van der Waals surface area contributed by atoms with Crippen LogP contribution >= 0.6 is 0 Å². The number of nitrogens with two attached hydrogens (primary N) is 1. The topological polar surface area (TPSA) is 64.4 Å². The third kappa shape index (κ3) is 3.38. The maximum atomic E-state index is 11.2. The van der Waals surface area contributed by atoms with E-state index in [0.29, 0.717) is 12.0 Å². The summed E-state index contributed by atoms with van der Waals surface area (Å²) in [4.78, 5) is 11.2. The molecular formula is C17H24N2O2. The molecule has 1 amide bonds. The molecule has 0 saturated heterocycles. The average molecular weight is 288 g/mol. The molecule has 4 nitrogen and oxygen atoms in total. The largest absolute Gasteiger partial charge is 0.493 e. The van der Waals surface area contributed by atoms with E-state index in [1.165, 1.54) is 5.56 Å². The lowest BCUT2D eigenvalue weighted by Gasteiger charge is -2.31. The molecule has 1 aromatic carbocycles. The number of carbonyl (C=O) groups excluding carboxylic acids is 1. The van der Waals surface area contributed by atoms with Crippen molar-refractivity contribution < 1.29 is 9.53 Å². The van der Waals surface area contributed by atoms with Crippen molar-refractivity contribution in [1.82, 2.24) is 5.32 Å². The number of carbonyl (C=O) groups is 1. The van der Waals surface area contributed by atoms with E-state index >= 15 is 0 Å². The summed E-state index contributed by atoms with van der Waals surface area (Å²) in [5.41, 5.74) is 6.70. The van der Waals surface area contributed by atoms with Gasteiger partial charge in [0.05, 0.1) is 6.61 Å². The van der Waals surface area contributed by atoms with Crippen molar-refractivity contribution in [2.75, 3.05) is 13.2 Å². The van der Waals surface area contributed by atoms with Crippen LogP contribution in [0, 0.1) is 5.92 Å². The van der Waals surface area contributed by atoms with E-state index in [4.69, 9.17) is 10.5 Å². The van der Waals surface area contributed by atoms with Gasteiger partial charge in [0.1, 0.15) is 5.75 Å². The number of amides is 1. The van der Waals surface area contributed by atoms with Crippen molar-refractivity contribution in [3.05, 3.63) is 29.8 Å². The number of fused-ring (bicyclic) bond motifs is 1. The zero-order valence-corrected chi connectivity index (χ0v) is 12.4. The molecule has 1 unspecified atom stereocenters. The summed E-state index contributed by atoms with van der Waals surface area (Å²) in [6.45, 7) is 1.80. The molecule has 114 valence electrons. The van der Waals surface area contributed by atoms with Gasteiger partial charge in [-0.1, -0.05) is 18.2 Å². The van der Waals surface area contributed by atoms with Crippen LogP contribution in [0.4, 0.5) is 0 Å². The second kappa shape index (κ2) is 6.48. The minimum absolute atomic E-state index is 0.0897. The van der Waals surface area contributed by atoms with Gasteiger partial charge in [-0.15, -0.1) is 0 Å². The van der Waals surface area contributed by atoms with E-state index in [1.807, 2.05) is 6.07 Å². The molecule has 1 aromatic rings. The van der Waals surface area contributed by atoms with Gasteiger partial charge in [-0.25, -0.2) is 0 Å². The minimum atomic E-state index is -0.133. The monoisotopic (exact) mass is 288 g/mol. The van der Waals surface area contributed by atoms with Crippen LogP contribution in [-0.4, -0.2) is 25.1 Å². The fourth-order valence-corrected chi connectivity index (χ4v) is 3.52. The fourth-order valence-electron chi connectivity index (χ4n) is 3.52. The first-order valence-electron chi connectivity index (χ1n) is 7.98. The summed E-state index contributed by atoms with van der Waals surface area (Å²) < 4.78 is 5.71. The Hall–Kier alpha value is -1.55. The molecule has 1 saturated carbocycles. The van der Waals surface area contributed by atoms with Gasteiger partial charge in [-0.3, -0.25) is 4.79 Å². The molecule has 0 aromatic heterocycles. The van der Waals surface area contributed by atoms with Gasteiger partial charge in [0, 0.05) is 24.4 Å². The Kier molecular flexibility index (Phi) is 4.44. The lowest BCUT2D eigenvalue weighted by Crippen LogP contribution is -2.39. The van der Waals surface area contributed by atoms with E-state index in [0.717, 1.165) is 51.0 Å². The van der Waals surface area contributed by atoms with Crippen LogP contribution in [0.2, 0.25) is 0 Å². The lowest BCUT2D eigenvalue weighted by atomic mass is 9.85. The third-order valence-electron chi connectivity index (χ3n) is 4.87. The fraction of sp³-hybridized carbons (Fsp3) is 0.588. The van der Waals surface area contributed by atoms with Crippen LogP contribution in [0.5, 0.6) is 5.75 Å². The molecule has 1 aliphatic carbocycles. The molecule has 1 aliphatic heterocycles. The van der Waals surface area contributed by atoms with Gasteiger partial charge >= 0.3 is 0 Å². The highest BCUT2D eigenvalue weighted by Crippen LogP contribution is 2.33. The standard InChI is InChI=1S/C17H24N2O2/c18-17(20)12-5-7-14(8-6-12)19-11-13-9-10-21-16-4-2-1-3-15(13)16/h1-4,12-14,19H,5-11H2,(H2,18,20). The normalized spacial score (nSPS) is 28.5. The number of benzene rings is 1. The van der Waals surface area contributed by atoms with Crippen LogP contribution in [0.15, 0.2) is 24.3 Å². The van der Waals surface area contributed by atoms with E-state index in [-0.39, 0.29) is 11.8 Å². The molecule has 3 rings (SSSR count). The predicted octanol–water partition coefficient (Wildman–Crippen LogP) is 2.19. The summed E-state index contributed by atoms with van der Waals surface area (Å²) in [5.74, 6) is 1.52. The number of hydrogen-bond donors (Lipinski definition) is 2. The number of primary amides is 1. The predicted molar refractivity (Wildman–Crippen MR) is 82.2 cm³/mol. The van der Waals surface area contributed by atoms with E-state index in [9.17, 15) is 4.79 Å². The van der Waals surface area contributed by atoms with Crippen molar-refractivity contribution in [2.24, 2.45) is 11.7 Å². The maximum Gasteiger partial charge on any atom is 0.220 e. The van der Waals surface area contributed by atoms with Gasteiger partial charge in [0.2, 0.25) is 5.91 Å². The Bertz CT molecular complexity index is 495. The van der Waals surface area contributed by atoms with Gasteiger partial charge in [0.15, 0.2) is 0 Å². The minimum Gasteiger partial charge on any atom is -0.493 e. The highest BCUT2D eigenvalue weighted by Gasteiger charge is 2.26. The molecule has 0 spiro atoms.